The first-order valence-corrected chi connectivity index (χ1v) is 26.5. The van der Waals surface area contributed by atoms with Gasteiger partial charge in [0, 0.05) is 12.8 Å². The molecule has 0 aliphatic heterocycles. The molecule has 0 radical (unpaired) electrons. The van der Waals surface area contributed by atoms with Crippen molar-refractivity contribution in [1.82, 2.24) is 0 Å². The molecule has 0 bridgehead atoms. The van der Waals surface area contributed by atoms with Gasteiger partial charge in [-0.25, -0.2) is 0 Å². The number of quaternary nitrogens is 1. The summed E-state index contributed by atoms with van der Waals surface area (Å²) in [5.74, 6) is -0.900. The van der Waals surface area contributed by atoms with E-state index in [1.807, 2.05) is 21.1 Å². The number of phosphoric acid groups is 1. The summed E-state index contributed by atoms with van der Waals surface area (Å²) in [6, 6.07) is 0. The fraction of sp³-hybridized carbons (Fsp3) is 0.769. The van der Waals surface area contributed by atoms with Crippen LogP contribution in [-0.4, -0.2) is 70.0 Å². The van der Waals surface area contributed by atoms with E-state index < -0.39 is 32.5 Å². The number of ether oxygens (including phenoxy) is 2. The van der Waals surface area contributed by atoms with Crippen molar-refractivity contribution in [2.24, 2.45) is 0 Å². The van der Waals surface area contributed by atoms with Crippen molar-refractivity contribution in [2.45, 2.75) is 213 Å². The summed E-state index contributed by atoms with van der Waals surface area (Å²) in [6.45, 7) is 4.14. The molecular weight excluding hydrogens is 798 g/mol. The van der Waals surface area contributed by atoms with E-state index in [2.05, 4.69) is 74.6 Å². The molecule has 0 saturated carbocycles. The zero-order valence-electron chi connectivity index (χ0n) is 40.6. The van der Waals surface area contributed by atoms with Gasteiger partial charge in [0.1, 0.15) is 19.8 Å². The van der Waals surface area contributed by atoms with Crippen LogP contribution in [0.15, 0.2) is 60.8 Å². The number of esters is 2. The van der Waals surface area contributed by atoms with E-state index in [-0.39, 0.29) is 26.1 Å². The van der Waals surface area contributed by atoms with E-state index in [9.17, 15) is 19.0 Å². The highest BCUT2D eigenvalue weighted by Gasteiger charge is 2.21. The Hall–Kier alpha value is -2.29. The lowest BCUT2D eigenvalue weighted by molar-refractivity contribution is -0.870. The van der Waals surface area contributed by atoms with Crippen LogP contribution in [0.5, 0.6) is 0 Å². The predicted octanol–water partition coefficient (Wildman–Crippen LogP) is 14.2. The number of carbonyl (C=O) groups is 2. The summed E-state index contributed by atoms with van der Waals surface area (Å²) in [5, 5.41) is 0. The van der Waals surface area contributed by atoms with E-state index in [1.165, 1.54) is 122 Å². The molecule has 0 spiro atoms. The largest absolute Gasteiger partial charge is 0.756 e. The summed E-state index contributed by atoms with van der Waals surface area (Å²) in [6.07, 6.45) is 54.0. The lowest BCUT2D eigenvalue weighted by Gasteiger charge is -2.28. The van der Waals surface area contributed by atoms with Crippen molar-refractivity contribution in [3.8, 4) is 0 Å². The molecule has 0 aliphatic rings. The van der Waals surface area contributed by atoms with Crippen molar-refractivity contribution in [3.63, 3.8) is 0 Å². The van der Waals surface area contributed by atoms with Gasteiger partial charge >= 0.3 is 11.9 Å². The third-order valence-corrected chi connectivity index (χ3v) is 11.5. The van der Waals surface area contributed by atoms with Crippen molar-refractivity contribution in [2.75, 3.05) is 47.5 Å². The second-order valence-electron chi connectivity index (χ2n) is 17.8. The molecule has 0 rings (SSSR count). The van der Waals surface area contributed by atoms with E-state index in [1.54, 1.807) is 0 Å². The molecule has 62 heavy (non-hydrogen) atoms. The summed E-state index contributed by atoms with van der Waals surface area (Å²) < 4.78 is 33.9. The number of rotatable bonds is 45. The van der Waals surface area contributed by atoms with Crippen LogP contribution in [0.2, 0.25) is 0 Å². The molecule has 0 saturated heterocycles. The summed E-state index contributed by atoms with van der Waals surface area (Å²) in [5.41, 5.74) is 0. The maximum absolute atomic E-state index is 12.7. The standard InChI is InChI=1S/C52H94NO8P/c1-6-8-10-12-14-16-18-20-22-24-25-26-27-29-31-33-35-37-39-41-43-45-52(55)61-50(49-60-62(56,57)59-47-46-53(3,4)5)48-58-51(54)44-42-40-38-36-34-32-30-28-23-21-19-17-15-13-11-9-7-2/h15,17,20-23,30,32,36,38,50H,6-14,16,18-19,24-29,31,33-35,37,39-49H2,1-5H3/b17-15-,22-20-,23-21-,32-30-,38-36-/t50-/m1/s1. The van der Waals surface area contributed by atoms with Crippen LogP contribution in [0.4, 0.5) is 0 Å². The van der Waals surface area contributed by atoms with Gasteiger partial charge in [-0.1, -0.05) is 177 Å². The SMILES string of the molecule is CCCCC/C=C\C/C=C\C/C=C\C/C=C\CCCC(=O)OC[C@H](COP(=O)([O-])OCC[N+](C)(C)C)OC(=O)CCCCCCCCCCCCC/C=C\CCCCCCCC. The van der Waals surface area contributed by atoms with Crippen LogP contribution in [0.25, 0.3) is 0 Å². The molecule has 0 heterocycles. The van der Waals surface area contributed by atoms with Crippen molar-refractivity contribution >= 4 is 19.8 Å². The van der Waals surface area contributed by atoms with Crippen molar-refractivity contribution < 1.29 is 42.1 Å². The van der Waals surface area contributed by atoms with Crippen LogP contribution in [0.1, 0.15) is 206 Å². The number of unbranched alkanes of at least 4 members (excludes halogenated alkanes) is 21. The zero-order valence-corrected chi connectivity index (χ0v) is 41.4. The van der Waals surface area contributed by atoms with E-state index >= 15 is 0 Å². The Kier molecular flexibility index (Phi) is 42.3. The summed E-state index contributed by atoms with van der Waals surface area (Å²) in [4.78, 5) is 37.7. The van der Waals surface area contributed by atoms with Crippen LogP contribution in [0.3, 0.4) is 0 Å². The summed E-state index contributed by atoms with van der Waals surface area (Å²) >= 11 is 0. The quantitative estimate of drug-likeness (QED) is 0.0195. The van der Waals surface area contributed by atoms with Gasteiger partial charge in [0.05, 0.1) is 27.7 Å². The first kappa shape index (κ1) is 59.7. The topological polar surface area (TPSA) is 111 Å². The average Bonchev–Trinajstić information content (AvgIpc) is 3.23. The third-order valence-electron chi connectivity index (χ3n) is 10.5. The number of hydrogen-bond acceptors (Lipinski definition) is 8. The monoisotopic (exact) mass is 892 g/mol. The van der Waals surface area contributed by atoms with Gasteiger partial charge in [-0.3, -0.25) is 14.2 Å². The average molecular weight is 892 g/mol. The Morgan fingerprint density at radius 2 is 0.887 bits per heavy atom. The molecular formula is C52H94NO8P. The van der Waals surface area contributed by atoms with Gasteiger partial charge < -0.3 is 27.9 Å². The number of hydrogen-bond donors (Lipinski definition) is 0. The number of nitrogens with zero attached hydrogens (tertiary/aromatic N) is 1. The molecule has 0 fully saturated rings. The van der Waals surface area contributed by atoms with E-state index in [0.717, 1.165) is 44.9 Å². The smallest absolute Gasteiger partial charge is 0.306 e. The highest BCUT2D eigenvalue weighted by molar-refractivity contribution is 7.45. The minimum atomic E-state index is -4.64. The fourth-order valence-electron chi connectivity index (χ4n) is 6.58. The molecule has 0 aromatic carbocycles. The molecule has 10 heteroatoms. The minimum absolute atomic E-state index is 0.0410. The Bertz CT molecular complexity index is 1240. The number of phosphoric ester groups is 1. The molecule has 2 atom stereocenters. The lowest BCUT2D eigenvalue weighted by Crippen LogP contribution is -2.37. The van der Waals surface area contributed by atoms with Crippen molar-refractivity contribution in [1.29, 1.82) is 0 Å². The van der Waals surface area contributed by atoms with Crippen LogP contribution in [-0.2, 0) is 32.7 Å². The van der Waals surface area contributed by atoms with Gasteiger partial charge in [0.25, 0.3) is 7.82 Å². The summed E-state index contributed by atoms with van der Waals surface area (Å²) in [7, 11) is 1.13. The molecule has 0 N–H and O–H groups in total. The second kappa shape index (κ2) is 43.9. The normalized spacial score (nSPS) is 14.0. The van der Waals surface area contributed by atoms with Gasteiger partial charge in [0.2, 0.25) is 0 Å². The number of likely N-dealkylation sites (N-methyl/N-ethyl adjacent to an activating group) is 1. The van der Waals surface area contributed by atoms with Crippen LogP contribution in [0, 0.1) is 0 Å². The van der Waals surface area contributed by atoms with Gasteiger partial charge in [-0.15, -0.1) is 0 Å². The number of carbonyl (C=O) groups excluding carboxylic acids is 2. The molecule has 0 aromatic rings. The van der Waals surface area contributed by atoms with Gasteiger partial charge in [-0.05, 0) is 77.0 Å². The highest BCUT2D eigenvalue weighted by atomic mass is 31.2. The third kappa shape index (κ3) is 47.2. The Labute approximate surface area is 381 Å². The Balaban J connectivity index is 4.34. The highest BCUT2D eigenvalue weighted by Crippen LogP contribution is 2.38. The Morgan fingerprint density at radius 1 is 0.500 bits per heavy atom. The lowest BCUT2D eigenvalue weighted by atomic mass is 10.0. The maximum Gasteiger partial charge on any atom is 0.306 e. The van der Waals surface area contributed by atoms with Gasteiger partial charge in [0.15, 0.2) is 6.10 Å². The maximum atomic E-state index is 12.7. The molecule has 0 aromatic heterocycles. The van der Waals surface area contributed by atoms with Gasteiger partial charge in [-0.2, -0.15) is 0 Å². The second-order valence-corrected chi connectivity index (χ2v) is 19.2. The van der Waals surface area contributed by atoms with Crippen LogP contribution >= 0.6 is 7.82 Å². The predicted molar refractivity (Wildman–Crippen MR) is 259 cm³/mol. The fourth-order valence-corrected chi connectivity index (χ4v) is 7.31. The first-order chi connectivity index (χ1) is 30.0. The van der Waals surface area contributed by atoms with E-state index in [0.29, 0.717) is 23.9 Å². The molecule has 1 unspecified atom stereocenters. The molecule has 0 aliphatic carbocycles. The van der Waals surface area contributed by atoms with E-state index in [4.69, 9.17) is 18.5 Å². The zero-order chi connectivity index (χ0) is 45.7. The van der Waals surface area contributed by atoms with Crippen LogP contribution < -0.4 is 4.89 Å². The minimum Gasteiger partial charge on any atom is -0.756 e. The molecule has 360 valence electrons. The first-order valence-electron chi connectivity index (χ1n) is 25.0. The van der Waals surface area contributed by atoms with Crippen molar-refractivity contribution in [3.05, 3.63) is 60.8 Å². The molecule has 0 amide bonds. The Morgan fingerprint density at radius 3 is 1.39 bits per heavy atom. The molecule has 9 nitrogen and oxygen atoms in total. The number of allylic oxidation sites excluding steroid dienone is 10.